The number of aliphatic carboxylic acids is 2. The predicted molar refractivity (Wildman–Crippen MR) is 162 cm³/mol. The van der Waals surface area contributed by atoms with Gasteiger partial charge in [0, 0.05) is 18.8 Å². The fourth-order valence-electron chi connectivity index (χ4n) is 5.02. The number of ether oxygens (including phenoxy) is 3. The van der Waals surface area contributed by atoms with Crippen LogP contribution >= 0.6 is 0 Å². The molecular formula is C33H44N2O7. The van der Waals surface area contributed by atoms with E-state index in [1.54, 1.807) is 0 Å². The third-order valence-electron chi connectivity index (χ3n) is 7.37. The second-order valence-electron chi connectivity index (χ2n) is 10.6. The molecule has 2 unspecified atom stereocenters. The van der Waals surface area contributed by atoms with E-state index in [9.17, 15) is 9.59 Å². The molecule has 1 saturated heterocycles. The van der Waals surface area contributed by atoms with Crippen molar-refractivity contribution in [2.24, 2.45) is 11.5 Å². The van der Waals surface area contributed by atoms with Gasteiger partial charge in [0.1, 0.15) is 18.4 Å². The monoisotopic (exact) mass is 580 g/mol. The van der Waals surface area contributed by atoms with E-state index >= 15 is 0 Å². The number of allylic oxidation sites excluding steroid dienone is 3. The summed E-state index contributed by atoms with van der Waals surface area (Å²) in [7, 11) is 0. The minimum Gasteiger partial charge on any atom is -0.489 e. The van der Waals surface area contributed by atoms with E-state index in [2.05, 4.69) is 30.3 Å². The Kier molecular flexibility index (Phi) is 13.2. The summed E-state index contributed by atoms with van der Waals surface area (Å²) in [5, 5.41) is 17.5. The van der Waals surface area contributed by atoms with Gasteiger partial charge in [-0.15, -0.1) is 0 Å². The maximum atomic E-state index is 11.1. The van der Waals surface area contributed by atoms with Crippen LogP contribution in [0.5, 0.6) is 5.75 Å². The van der Waals surface area contributed by atoms with Gasteiger partial charge in [-0.2, -0.15) is 0 Å². The molecular weight excluding hydrogens is 536 g/mol. The first-order valence-corrected chi connectivity index (χ1v) is 14.6. The van der Waals surface area contributed by atoms with Crippen molar-refractivity contribution in [1.29, 1.82) is 0 Å². The zero-order chi connectivity index (χ0) is 30.4. The molecule has 1 fully saturated rings. The normalized spacial score (nSPS) is 17.3. The topological polar surface area (TPSA) is 154 Å². The molecule has 2 aromatic rings. The highest BCUT2D eigenvalue weighted by molar-refractivity contribution is 5.73. The lowest BCUT2D eigenvalue weighted by Crippen LogP contribution is -2.31. The molecule has 0 aromatic heterocycles. The molecule has 2 aliphatic rings. The Morgan fingerprint density at radius 3 is 2.43 bits per heavy atom. The predicted octanol–water partition coefficient (Wildman–Crippen LogP) is 5.24. The number of hydrogen-bond acceptors (Lipinski definition) is 7. The van der Waals surface area contributed by atoms with Gasteiger partial charge in [0.2, 0.25) is 0 Å². The van der Waals surface area contributed by atoms with Crippen molar-refractivity contribution in [3.63, 3.8) is 0 Å². The first kappa shape index (κ1) is 33.0. The summed E-state index contributed by atoms with van der Waals surface area (Å²) < 4.78 is 17.6. The van der Waals surface area contributed by atoms with Crippen molar-refractivity contribution in [1.82, 2.24) is 0 Å². The molecule has 0 amide bonds. The first-order valence-electron chi connectivity index (χ1n) is 14.6. The van der Waals surface area contributed by atoms with Crippen LogP contribution in [0.3, 0.4) is 0 Å². The van der Waals surface area contributed by atoms with Gasteiger partial charge >= 0.3 is 11.9 Å². The minimum absolute atomic E-state index is 0.0759. The summed E-state index contributed by atoms with van der Waals surface area (Å²) in [5.74, 6) is -1.50. The molecule has 9 heteroatoms. The number of carbonyl (C=O) groups is 2. The second-order valence-corrected chi connectivity index (χ2v) is 10.6. The molecule has 2 atom stereocenters. The smallest absolute Gasteiger partial charge is 0.320 e. The summed E-state index contributed by atoms with van der Waals surface area (Å²) in [4.78, 5) is 21.3. The summed E-state index contributed by atoms with van der Waals surface area (Å²) in [6.45, 7) is 4.35. The molecule has 1 aliphatic carbocycles. The Bertz CT molecular complexity index is 1200. The van der Waals surface area contributed by atoms with Crippen LogP contribution in [-0.4, -0.2) is 53.7 Å². The molecule has 0 saturated carbocycles. The van der Waals surface area contributed by atoms with Crippen molar-refractivity contribution in [3.8, 4) is 5.75 Å². The van der Waals surface area contributed by atoms with Crippen LogP contribution in [0.1, 0.15) is 74.5 Å². The van der Waals surface area contributed by atoms with Crippen LogP contribution in [0.15, 0.2) is 66.8 Å². The van der Waals surface area contributed by atoms with E-state index in [1.807, 2.05) is 43.3 Å². The van der Waals surface area contributed by atoms with Crippen LogP contribution in [0.25, 0.3) is 5.57 Å². The van der Waals surface area contributed by atoms with Crippen molar-refractivity contribution in [2.75, 3.05) is 19.8 Å². The highest BCUT2D eigenvalue weighted by Crippen LogP contribution is 2.38. The van der Waals surface area contributed by atoms with Crippen LogP contribution in [-0.2, 0) is 25.7 Å². The Balaban J connectivity index is 0.000000416. The van der Waals surface area contributed by atoms with Crippen molar-refractivity contribution in [2.45, 2.75) is 76.2 Å². The Hall–Kier alpha value is -3.50. The summed E-state index contributed by atoms with van der Waals surface area (Å²) in [5.41, 5.74) is 15.0. The van der Waals surface area contributed by atoms with Gasteiger partial charge in [-0.25, -0.2) is 0 Å². The van der Waals surface area contributed by atoms with Gasteiger partial charge in [0.15, 0.2) is 5.79 Å². The number of nitrogens with two attached hydrogens (primary N) is 2. The number of unbranched alkanes of at least 4 members (excludes halogenated alkanes) is 1. The minimum atomic E-state index is -0.933. The lowest BCUT2D eigenvalue weighted by atomic mass is 9.89. The zero-order valence-corrected chi connectivity index (χ0v) is 24.4. The van der Waals surface area contributed by atoms with E-state index in [1.165, 1.54) is 11.1 Å². The fraction of sp³-hybridized carbons (Fsp3) is 0.455. The molecule has 1 aliphatic heterocycles. The summed E-state index contributed by atoms with van der Waals surface area (Å²) in [6, 6.07) is 15.4. The van der Waals surface area contributed by atoms with Crippen LogP contribution in [0.4, 0.5) is 0 Å². The zero-order valence-electron chi connectivity index (χ0n) is 24.4. The molecule has 6 N–H and O–H groups in total. The molecule has 42 heavy (non-hydrogen) atoms. The van der Waals surface area contributed by atoms with Crippen LogP contribution in [0.2, 0.25) is 0 Å². The first-order chi connectivity index (χ1) is 20.2. The molecule has 2 aromatic carbocycles. The van der Waals surface area contributed by atoms with Gasteiger partial charge < -0.3 is 35.9 Å². The van der Waals surface area contributed by atoms with Crippen molar-refractivity contribution >= 4 is 17.5 Å². The highest BCUT2D eigenvalue weighted by Gasteiger charge is 2.37. The van der Waals surface area contributed by atoms with E-state index in [0.29, 0.717) is 32.8 Å². The fourth-order valence-corrected chi connectivity index (χ4v) is 5.02. The number of carboxylic acids is 2. The quantitative estimate of drug-likeness (QED) is 0.184. The SMILES string of the molecule is CC=CC(CC(=O)O)c1ccc(OCc2cccc(C3=CCC4(CC3)OCCO4)c2)cc1.NCCCCC(N)C(=O)O. The standard InChI is InChI=1S/C27H30O5.C6H14N2O2/c1-2-4-23(18-26(28)29)21-7-9-25(10-8-21)30-19-20-5-3-6-24(17-20)22-11-13-27(14-12-22)31-15-16-32-27;7-4-2-1-3-5(8)6(9)10/h2-11,17,23H,12-16,18-19H2,1H3,(H,28,29);5H,1-4,7-8H2,(H,9,10). The number of carboxylic acid groups (broad SMARTS) is 2. The van der Waals surface area contributed by atoms with Gasteiger partial charge in [-0.3, -0.25) is 9.59 Å². The Morgan fingerprint density at radius 1 is 1.10 bits per heavy atom. The molecule has 0 radical (unpaired) electrons. The second kappa shape index (κ2) is 16.8. The average molecular weight is 581 g/mol. The van der Waals surface area contributed by atoms with E-state index in [4.69, 9.17) is 35.9 Å². The summed E-state index contributed by atoms with van der Waals surface area (Å²) in [6.07, 6.45) is 10.9. The van der Waals surface area contributed by atoms with Crippen LogP contribution in [0, 0.1) is 0 Å². The van der Waals surface area contributed by atoms with E-state index in [-0.39, 0.29) is 12.3 Å². The highest BCUT2D eigenvalue weighted by atomic mass is 16.7. The van der Waals surface area contributed by atoms with Gasteiger partial charge in [0.05, 0.1) is 19.6 Å². The molecule has 9 nitrogen and oxygen atoms in total. The average Bonchev–Trinajstić information content (AvgIpc) is 3.44. The largest absolute Gasteiger partial charge is 0.489 e. The van der Waals surface area contributed by atoms with E-state index < -0.39 is 23.8 Å². The van der Waals surface area contributed by atoms with E-state index in [0.717, 1.165) is 49.0 Å². The lowest BCUT2D eigenvalue weighted by Gasteiger charge is -2.30. The lowest BCUT2D eigenvalue weighted by molar-refractivity contribution is -0.159. The Morgan fingerprint density at radius 2 is 1.83 bits per heavy atom. The maximum Gasteiger partial charge on any atom is 0.320 e. The molecule has 4 rings (SSSR count). The molecule has 1 heterocycles. The third kappa shape index (κ3) is 10.4. The van der Waals surface area contributed by atoms with Crippen LogP contribution < -0.4 is 16.2 Å². The van der Waals surface area contributed by atoms with Gasteiger partial charge in [0.25, 0.3) is 0 Å². The maximum absolute atomic E-state index is 11.1. The Labute approximate surface area is 248 Å². The van der Waals surface area contributed by atoms with Gasteiger partial charge in [-0.05, 0) is 73.2 Å². The number of hydrogen-bond donors (Lipinski definition) is 4. The number of rotatable bonds is 13. The molecule has 0 bridgehead atoms. The van der Waals surface area contributed by atoms with Crippen molar-refractivity contribution < 1.29 is 34.0 Å². The molecule has 1 spiro atoms. The van der Waals surface area contributed by atoms with Gasteiger partial charge in [-0.1, -0.05) is 55.0 Å². The molecule has 228 valence electrons. The number of benzene rings is 2. The van der Waals surface area contributed by atoms with Crippen molar-refractivity contribution in [3.05, 3.63) is 83.4 Å². The third-order valence-corrected chi connectivity index (χ3v) is 7.37. The summed E-state index contributed by atoms with van der Waals surface area (Å²) >= 11 is 0.